The van der Waals surface area contributed by atoms with Gasteiger partial charge >= 0.3 is 5.97 Å². The van der Waals surface area contributed by atoms with Crippen LogP contribution in [0.3, 0.4) is 0 Å². The molecular formula is C15H15O2. The molecule has 17 heavy (non-hydrogen) atoms. The Balaban J connectivity index is 2.21. The van der Waals surface area contributed by atoms with Gasteiger partial charge in [-0.1, -0.05) is 44.2 Å². The van der Waals surface area contributed by atoms with Crippen LogP contribution in [0.25, 0.3) is 10.8 Å². The van der Waals surface area contributed by atoms with E-state index >= 15 is 0 Å². The van der Waals surface area contributed by atoms with Crippen LogP contribution in [0, 0.1) is 12.0 Å². The van der Waals surface area contributed by atoms with Crippen molar-refractivity contribution in [3.05, 3.63) is 48.0 Å². The van der Waals surface area contributed by atoms with Crippen molar-refractivity contribution in [2.24, 2.45) is 5.92 Å². The van der Waals surface area contributed by atoms with Gasteiger partial charge in [0.15, 0.2) is 0 Å². The van der Waals surface area contributed by atoms with Crippen molar-refractivity contribution in [2.75, 3.05) is 6.61 Å². The van der Waals surface area contributed by atoms with Gasteiger partial charge in [0.25, 0.3) is 0 Å². The minimum Gasteiger partial charge on any atom is -0.462 e. The normalized spacial score (nSPS) is 10.8. The van der Waals surface area contributed by atoms with Gasteiger partial charge in [-0.15, -0.1) is 0 Å². The molecule has 0 saturated carbocycles. The molecule has 2 rings (SSSR count). The largest absolute Gasteiger partial charge is 0.462 e. The Kier molecular flexibility index (Phi) is 3.43. The molecule has 0 bridgehead atoms. The number of benzene rings is 2. The summed E-state index contributed by atoms with van der Waals surface area (Å²) in [5, 5.41) is 2.01. The fraction of sp³-hybridized carbons (Fsp3) is 0.267. The van der Waals surface area contributed by atoms with Crippen molar-refractivity contribution >= 4 is 16.7 Å². The van der Waals surface area contributed by atoms with E-state index in [-0.39, 0.29) is 5.97 Å². The van der Waals surface area contributed by atoms with Crippen molar-refractivity contribution in [2.45, 2.75) is 13.8 Å². The average molecular weight is 227 g/mol. The van der Waals surface area contributed by atoms with Crippen LogP contribution >= 0.6 is 0 Å². The third kappa shape index (κ3) is 2.84. The standard InChI is InChI=1S/C15H15O2/c1-11(2)10-17-15(16)14-8-7-12-5-3-4-6-13(12)9-14/h3-8,11H,10H2,1-2H3. The summed E-state index contributed by atoms with van der Waals surface area (Å²) in [5.74, 6) is 0.0452. The number of hydrogen-bond donors (Lipinski definition) is 0. The fourth-order valence-corrected chi connectivity index (χ4v) is 1.56. The maximum Gasteiger partial charge on any atom is 0.338 e. The third-order valence-corrected chi connectivity index (χ3v) is 2.43. The number of hydrogen-bond acceptors (Lipinski definition) is 2. The molecule has 2 heteroatoms. The molecule has 0 saturated heterocycles. The van der Waals surface area contributed by atoms with Crippen molar-refractivity contribution < 1.29 is 9.53 Å². The zero-order valence-corrected chi connectivity index (χ0v) is 10.1. The van der Waals surface area contributed by atoms with Crippen LogP contribution in [0.1, 0.15) is 24.2 Å². The van der Waals surface area contributed by atoms with Gasteiger partial charge in [0.05, 0.1) is 12.2 Å². The Labute approximate surface area is 101 Å². The molecule has 0 atom stereocenters. The van der Waals surface area contributed by atoms with Gasteiger partial charge < -0.3 is 4.74 Å². The smallest absolute Gasteiger partial charge is 0.338 e. The first-order valence-electron chi connectivity index (χ1n) is 5.75. The maximum atomic E-state index is 11.7. The van der Waals surface area contributed by atoms with E-state index in [1.54, 1.807) is 6.07 Å². The predicted molar refractivity (Wildman–Crippen MR) is 67.9 cm³/mol. The Hall–Kier alpha value is -1.83. The minimum absolute atomic E-state index is 0.301. The van der Waals surface area contributed by atoms with Gasteiger partial charge in [0, 0.05) is 6.07 Å². The topological polar surface area (TPSA) is 26.3 Å². The number of rotatable bonds is 3. The first-order valence-corrected chi connectivity index (χ1v) is 5.75. The Morgan fingerprint density at radius 3 is 2.76 bits per heavy atom. The monoisotopic (exact) mass is 227 g/mol. The van der Waals surface area contributed by atoms with Crippen molar-refractivity contribution in [3.63, 3.8) is 0 Å². The zero-order chi connectivity index (χ0) is 12.3. The molecule has 0 aliphatic rings. The quantitative estimate of drug-likeness (QED) is 0.751. The second-order valence-electron chi connectivity index (χ2n) is 4.45. The van der Waals surface area contributed by atoms with Gasteiger partial charge in [0.2, 0.25) is 0 Å². The van der Waals surface area contributed by atoms with Gasteiger partial charge in [0.1, 0.15) is 0 Å². The summed E-state index contributed by atoms with van der Waals surface area (Å²) in [6.07, 6.45) is 0. The van der Waals surface area contributed by atoms with Crippen molar-refractivity contribution in [1.82, 2.24) is 0 Å². The van der Waals surface area contributed by atoms with Crippen LogP contribution in [0.5, 0.6) is 0 Å². The summed E-state index contributed by atoms with van der Waals surface area (Å²) in [4.78, 5) is 11.7. The summed E-state index contributed by atoms with van der Waals surface area (Å²) in [7, 11) is 0. The average Bonchev–Trinajstić information content (AvgIpc) is 2.35. The number of carbonyl (C=O) groups is 1. The van der Waals surface area contributed by atoms with E-state index in [9.17, 15) is 4.79 Å². The highest BCUT2D eigenvalue weighted by Gasteiger charge is 2.08. The van der Waals surface area contributed by atoms with Gasteiger partial charge in [-0.05, 0) is 22.8 Å². The first kappa shape index (κ1) is 11.6. The number of ether oxygens (including phenoxy) is 1. The molecule has 2 nitrogen and oxygen atoms in total. The summed E-state index contributed by atoms with van der Waals surface area (Å²) < 4.78 is 5.17. The molecule has 87 valence electrons. The van der Waals surface area contributed by atoms with Gasteiger partial charge in [-0.25, -0.2) is 4.79 Å². The minimum atomic E-state index is -0.301. The van der Waals surface area contributed by atoms with Crippen molar-refractivity contribution in [1.29, 1.82) is 0 Å². The highest BCUT2D eigenvalue weighted by atomic mass is 16.5. The molecule has 0 N–H and O–H groups in total. The van der Waals surface area contributed by atoms with Crippen LogP contribution in [-0.2, 0) is 4.74 Å². The maximum absolute atomic E-state index is 11.7. The summed E-state index contributed by atoms with van der Waals surface area (Å²) in [6, 6.07) is 14.6. The van der Waals surface area contributed by atoms with E-state index in [1.807, 2.05) is 44.2 Å². The number of esters is 1. The van der Waals surface area contributed by atoms with Crippen LogP contribution in [0.15, 0.2) is 36.4 Å². The predicted octanol–water partition coefficient (Wildman–Crippen LogP) is 3.45. The summed E-state index contributed by atoms with van der Waals surface area (Å²) in [6.45, 7) is 4.47. The highest BCUT2D eigenvalue weighted by molar-refractivity contribution is 5.94. The zero-order valence-electron chi connectivity index (χ0n) is 10.1. The molecular weight excluding hydrogens is 212 g/mol. The molecule has 0 amide bonds. The van der Waals surface area contributed by atoms with E-state index < -0.39 is 0 Å². The van der Waals surface area contributed by atoms with Gasteiger partial charge in [-0.3, -0.25) is 0 Å². The van der Waals surface area contributed by atoms with E-state index in [1.165, 1.54) is 0 Å². The molecule has 2 aromatic rings. The van der Waals surface area contributed by atoms with E-state index in [0.29, 0.717) is 18.1 Å². The summed E-state index contributed by atoms with van der Waals surface area (Å²) >= 11 is 0. The number of fused-ring (bicyclic) bond motifs is 1. The van der Waals surface area contributed by atoms with E-state index in [0.717, 1.165) is 10.8 Å². The second kappa shape index (κ2) is 5.00. The van der Waals surface area contributed by atoms with Crippen LogP contribution < -0.4 is 0 Å². The molecule has 0 aliphatic carbocycles. The fourth-order valence-electron chi connectivity index (χ4n) is 1.56. The molecule has 0 fully saturated rings. The molecule has 0 aromatic heterocycles. The van der Waals surface area contributed by atoms with Crippen LogP contribution in [0.4, 0.5) is 0 Å². The van der Waals surface area contributed by atoms with Crippen LogP contribution in [0.2, 0.25) is 0 Å². The van der Waals surface area contributed by atoms with E-state index in [2.05, 4.69) is 6.07 Å². The molecule has 2 aromatic carbocycles. The lowest BCUT2D eigenvalue weighted by atomic mass is 10.1. The molecule has 1 radical (unpaired) electrons. The van der Waals surface area contributed by atoms with Crippen LogP contribution in [-0.4, -0.2) is 12.6 Å². The number of carbonyl (C=O) groups excluding carboxylic acids is 1. The summed E-state index contributed by atoms with van der Waals surface area (Å²) in [5.41, 5.74) is 0.490. The Bertz CT molecular complexity index is 529. The Morgan fingerprint density at radius 1 is 1.24 bits per heavy atom. The Morgan fingerprint density at radius 2 is 2.00 bits per heavy atom. The SMILES string of the molecule is CC(C)COC(=O)c1[c]c2ccccc2cc1. The van der Waals surface area contributed by atoms with E-state index in [4.69, 9.17) is 4.74 Å². The van der Waals surface area contributed by atoms with Crippen molar-refractivity contribution in [3.8, 4) is 0 Å². The first-order chi connectivity index (χ1) is 8.16. The second-order valence-corrected chi connectivity index (χ2v) is 4.45. The molecule has 0 aliphatic heterocycles. The lowest BCUT2D eigenvalue weighted by Gasteiger charge is -2.07. The molecule has 0 spiro atoms. The molecule has 0 heterocycles. The lowest BCUT2D eigenvalue weighted by molar-refractivity contribution is 0.0459. The highest BCUT2D eigenvalue weighted by Crippen LogP contribution is 2.15. The van der Waals surface area contributed by atoms with Gasteiger partial charge in [-0.2, -0.15) is 0 Å². The lowest BCUT2D eigenvalue weighted by Crippen LogP contribution is -2.10. The third-order valence-electron chi connectivity index (χ3n) is 2.43. The molecule has 0 unspecified atom stereocenters.